The van der Waals surface area contributed by atoms with Crippen LogP contribution in [0.15, 0.2) is 42.7 Å². The van der Waals surface area contributed by atoms with E-state index >= 15 is 0 Å². The van der Waals surface area contributed by atoms with Crippen LogP contribution in [0, 0.1) is 10.5 Å². The monoisotopic (exact) mass is 364 g/mol. The van der Waals surface area contributed by atoms with Crippen molar-refractivity contribution in [3.63, 3.8) is 0 Å². The summed E-state index contributed by atoms with van der Waals surface area (Å²) in [6.07, 6.45) is 3.89. The molecule has 0 fully saturated rings. The fourth-order valence-electron chi connectivity index (χ4n) is 1.90. The minimum absolute atomic E-state index is 0.739. The maximum Gasteiger partial charge on any atom is 0.155 e. The predicted molar refractivity (Wildman–Crippen MR) is 84.2 cm³/mol. The molecule has 1 N–H and O–H groups in total. The van der Waals surface area contributed by atoms with Crippen molar-refractivity contribution in [1.29, 1.82) is 0 Å². The molecule has 2 heterocycles. The highest BCUT2D eigenvalue weighted by atomic mass is 127. The summed E-state index contributed by atoms with van der Waals surface area (Å²) in [4.78, 5) is 4.39. The summed E-state index contributed by atoms with van der Waals surface area (Å²) < 4.78 is 3.05. The Balaban J connectivity index is 1.75. The van der Waals surface area contributed by atoms with Gasteiger partial charge in [-0.1, -0.05) is 0 Å². The summed E-state index contributed by atoms with van der Waals surface area (Å²) in [7, 11) is 0. The number of rotatable bonds is 3. The van der Waals surface area contributed by atoms with E-state index in [2.05, 4.69) is 62.3 Å². The van der Waals surface area contributed by atoms with Gasteiger partial charge in [0.15, 0.2) is 5.65 Å². The quantitative estimate of drug-likeness (QED) is 0.726. The summed E-state index contributed by atoms with van der Waals surface area (Å²) in [6, 6.07) is 10.3. The van der Waals surface area contributed by atoms with Gasteiger partial charge in [-0.2, -0.15) is 5.10 Å². The van der Waals surface area contributed by atoms with E-state index in [0.29, 0.717) is 0 Å². The first-order valence-corrected chi connectivity index (χ1v) is 7.09. The van der Waals surface area contributed by atoms with E-state index < -0.39 is 0 Å². The summed E-state index contributed by atoms with van der Waals surface area (Å²) in [5, 5.41) is 7.74. The highest BCUT2D eigenvalue weighted by Crippen LogP contribution is 2.12. The van der Waals surface area contributed by atoms with Gasteiger partial charge >= 0.3 is 0 Å². The average Bonchev–Trinajstić information content (AvgIpc) is 2.77. The Hall–Kier alpha value is -1.63. The highest BCUT2D eigenvalue weighted by molar-refractivity contribution is 14.1. The van der Waals surface area contributed by atoms with Gasteiger partial charge in [0.05, 0.1) is 5.69 Å². The van der Waals surface area contributed by atoms with Gasteiger partial charge in [0.1, 0.15) is 0 Å². The molecule has 0 unspecified atom stereocenters. The van der Waals surface area contributed by atoms with E-state index in [0.717, 1.165) is 29.1 Å². The molecule has 0 spiro atoms. The van der Waals surface area contributed by atoms with E-state index in [1.54, 1.807) is 0 Å². The maximum atomic E-state index is 4.39. The van der Waals surface area contributed by atoms with Crippen LogP contribution in [-0.4, -0.2) is 14.6 Å². The first-order chi connectivity index (χ1) is 9.20. The van der Waals surface area contributed by atoms with Gasteiger partial charge in [-0.15, -0.1) is 0 Å². The Kier molecular flexibility index (Phi) is 3.37. The van der Waals surface area contributed by atoms with Gasteiger partial charge in [-0.3, -0.25) is 0 Å². The van der Waals surface area contributed by atoms with E-state index in [1.807, 2.05) is 29.9 Å². The first-order valence-electron chi connectivity index (χ1n) is 6.01. The summed E-state index contributed by atoms with van der Waals surface area (Å²) in [6.45, 7) is 2.71. The van der Waals surface area contributed by atoms with Gasteiger partial charge in [0.2, 0.25) is 0 Å². The van der Waals surface area contributed by atoms with Crippen molar-refractivity contribution in [2.45, 2.75) is 13.5 Å². The number of benzene rings is 1. The fraction of sp³-hybridized carbons (Fsp3) is 0.143. The molecule has 0 radical (unpaired) electrons. The Morgan fingerprint density at radius 3 is 2.84 bits per heavy atom. The number of aromatic nitrogens is 3. The zero-order valence-electron chi connectivity index (χ0n) is 10.5. The van der Waals surface area contributed by atoms with Crippen molar-refractivity contribution < 1.29 is 0 Å². The predicted octanol–water partition coefficient (Wildman–Crippen LogP) is 3.25. The maximum absolute atomic E-state index is 4.39. The van der Waals surface area contributed by atoms with Crippen molar-refractivity contribution in [3.8, 4) is 0 Å². The third-order valence-corrected chi connectivity index (χ3v) is 3.55. The number of nitrogens with one attached hydrogen (secondary N) is 1. The van der Waals surface area contributed by atoms with Crippen LogP contribution in [0.1, 0.15) is 11.3 Å². The third-order valence-electron chi connectivity index (χ3n) is 2.83. The van der Waals surface area contributed by atoms with Crippen LogP contribution in [0.5, 0.6) is 0 Å². The molecule has 3 rings (SSSR count). The smallest absolute Gasteiger partial charge is 0.155 e. The summed E-state index contributed by atoms with van der Waals surface area (Å²) in [5.74, 6) is 0. The number of nitrogens with zero attached hydrogens (tertiary/aromatic N) is 3. The molecule has 0 aliphatic carbocycles. The zero-order valence-corrected chi connectivity index (χ0v) is 12.6. The molecule has 4 nitrogen and oxygen atoms in total. The van der Waals surface area contributed by atoms with Crippen molar-refractivity contribution in [3.05, 3.63) is 57.6 Å². The number of anilines is 1. The van der Waals surface area contributed by atoms with Gasteiger partial charge in [-0.05, 0) is 53.8 Å². The second-order valence-corrected chi connectivity index (χ2v) is 5.66. The molecule has 2 aromatic heterocycles. The van der Waals surface area contributed by atoms with Crippen molar-refractivity contribution in [1.82, 2.24) is 14.6 Å². The molecular weight excluding hydrogens is 351 g/mol. The SMILES string of the molecule is Cc1cc2ncc(CNc3ccc(I)cc3)cn2n1. The molecule has 0 aliphatic heterocycles. The second kappa shape index (κ2) is 5.16. The van der Waals surface area contributed by atoms with Gasteiger partial charge < -0.3 is 5.32 Å². The Morgan fingerprint density at radius 2 is 2.05 bits per heavy atom. The first kappa shape index (κ1) is 12.4. The van der Waals surface area contributed by atoms with E-state index in [9.17, 15) is 0 Å². The van der Waals surface area contributed by atoms with E-state index in [-0.39, 0.29) is 0 Å². The fourth-order valence-corrected chi connectivity index (χ4v) is 2.26. The highest BCUT2D eigenvalue weighted by Gasteiger charge is 2.01. The lowest BCUT2D eigenvalue weighted by molar-refractivity contribution is 0.895. The van der Waals surface area contributed by atoms with Crippen molar-refractivity contribution in [2.75, 3.05) is 5.32 Å². The average molecular weight is 364 g/mol. The Bertz CT molecular complexity index is 703. The Morgan fingerprint density at radius 1 is 1.26 bits per heavy atom. The lowest BCUT2D eigenvalue weighted by Crippen LogP contribution is -2.02. The van der Waals surface area contributed by atoms with Crippen molar-refractivity contribution >= 4 is 33.9 Å². The molecular formula is C14H13IN4. The topological polar surface area (TPSA) is 42.2 Å². The molecule has 3 aromatic rings. The lowest BCUT2D eigenvalue weighted by atomic mass is 10.3. The zero-order chi connectivity index (χ0) is 13.2. The molecule has 0 amide bonds. The lowest BCUT2D eigenvalue weighted by Gasteiger charge is -2.06. The van der Waals surface area contributed by atoms with Crippen LogP contribution in [-0.2, 0) is 6.54 Å². The van der Waals surface area contributed by atoms with Crippen LogP contribution in [0.2, 0.25) is 0 Å². The number of aryl methyl sites for hydroxylation is 1. The standard InChI is InChI=1S/C14H13IN4/c1-10-6-14-17-8-11(9-19(14)18-10)7-16-13-4-2-12(15)3-5-13/h2-6,8-9,16H,7H2,1H3. The van der Waals surface area contributed by atoms with Crippen LogP contribution in [0.25, 0.3) is 5.65 Å². The molecule has 0 atom stereocenters. The van der Waals surface area contributed by atoms with Crippen molar-refractivity contribution in [2.24, 2.45) is 0 Å². The summed E-state index contributed by atoms with van der Waals surface area (Å²) in [5.41, 5.74) is 4.08. The molecule has 0 bridgehead atoms. The van der Waals surface area contributed by atoms with Gasteiger partial charge in [0, 0.05) is 39.8 Å². The third kappa shape index (κ3) is 2.86. The summed E-state index contributed by atoms with van der Waals surface area (Å²) >= 11 is 2.30. The van der Waals surface area contributed by atoms with Crippen LogP contribution >= 0.6 is 22.6 Å². The molecule has 19 heavy (non-hydrogen) atoms. The van der Waals surface area contributed by atoms with E-state index in [1.165, 1.54) is 3.57 Å². The molecule has 5 heteroatoms. The van der Waals surface area contributed by atoms with Gasteiger partial charge in [0.25, 0.3) is 0 Å². The minimum Gasteiger partial charge on any atom is -0.381 e. The molecule has 1 aromatic carbocycles. The number of hydrogen-bond acceptors (Lipinski definition) is 3. The normalized spacial score (nSPS) is 10.8. The van der Waals surface area contributed by atoms with Crippen LogP contribution < -0.4 is 5.32 Å². The van der Waals surface area contributed by atoms with Gasteiger partial charge in [-0.25, -0.2) is 9.50 Å². The molecule has 0 saturated heterocycles. The largest absolute Gasteiger partial charge is 0.381 e. The van der Waals surface area contributed by atoms with Crippen LogP contribution in [0.3, 0.4) is 0 Å². The number of fused-ring (bicyclic) bond motifs is 1. The Labute approximate surface area is 125 Å². The minimum atomic E-state index is 0.739. The molecule has 0 aliphatic rings. The second-order valence-electron chi connectivity index (χ2n) is 4.41. The number of hydrogen-bond donors (Lipinski definition) is 1. The molecule has 96 valence electrons. The van der Waals surface area contributed by atoms with E-state index in [4.69, 9.17) is 0 Å². The van der Waals surface area contributed by atoms with Crippen LogP contribution in [0.4, 0.5) is 5.69 Å². The number of halogens is 1. The molecule has 0 saturated carbocycles.